The zero-order valence-corrected chi connectivity index (χ0v) is 11.9. The highest BCUT2D eigenvalue weighted by Gasteiger charge is 2.12. The van der Waals surface area contributed by atoms with Crippen LogP contribution in [0.25, 0.3) is 11.3 Å². The first kappa shape index (κ1) is 14.4. The van der Waals surface area contributed by atoms with Crippen molar-refractivity contribution in [1.82, 2.24) is 4.98 Å². The Hall–Kier alpha value is -1.99. The molecule has 104 valence electrons. The molecule has 0 fully saturated rings. The van der Waals surface area contributed by atoms with Crippen LogP contribution in [0.1, 0.15) is 6.92 Å². The molecule has 1 aromatic heterocycles. The Morgan fingerprint density at radius 1 is 1.45 bits per heavy atom. The summed E-state index contributed by atoms with van der Waals surface area (Å²) in [5, 5.41) is 14.7. The molecule has 0 bridgehead atoms. The van der Waals surface area contributed by atoms with Gasteiger partial charge in [-0.3, -0.25) is 14.9 Å². The zero-order chi connectivity index (χ0) is 14.7. The van der Waals surface area contributed by atoms with Crippen molar-refractivity contribution in [2.24, 2.45) is 0 Å². The van der Waals surface area contributed by atoms with E-state index in [0.717, 1.165) is 5.56 Å². The van der Waals surface area contributed by atoms with E-state index in [-0.39, 0.29) is 11.6 Å². The van der Waals surface area contributed by atoms with Crippen LogP contribution in [-0.4, -0.2) is 21.2 Å². The molecule has 1 heterocycles. The summed E-state index contributed by atoms with van der Waals surface area (Å²) in [6.45, 7) is 1.57. The number of hydrogen-bond donors (Lipinski definition) is 1. The first-order valence-corrected chi connectivity index (χ1v) is 6.94. The number of nitro groups is 1. The maximum Gasteiger partial charge on any atom is 0.269 e. The largest absolute Gasteiger partial charge is 0.301 e. The van der Waals surface area contributed by atoms with Gasteiger partial charge >= 0.3 is 0 Å². The van der Waals surface area contributed by atoms with Gasteiger partial charge in [0.15, 0.2) is 5.13 Å². The number of rotatable bonds is 4. The minimum Gasteiger partial charge on any atom is -0.301 e. The quantitative estimate of drug-likeness (QED) is 0.533. The van der Waals surface area contributed by atoms with Gasteiger partial charge < -0.3 is 5.32 Å². The van der Waals surface area contributed by atoms with Gasteiger partial charge in [0.25, 0.3) is 5.69 Å². The standard InChI is InChI=1S/C12H10ClN3O3S/c1-7(13)11(17)15-12-14-10(6-20-12)8-2-4-9(5-3-8)16(18)19/h2-7H,1H3,(H,14,15,17)/t7-/m0/s1. The molecule has 6 nitrogen and oxygen atoms in total. The van der Waals surface area contributed by atoms with Crippen LogP contribution < -0.4 is 5.32 Å². The summed E-state index contributed by atoms with van der Waals surface area (Å²) in [5.41, 5.74) is 1.40. The van der Waals surface area contributed by atoms with E-state index in [4.69, 9.17) is 11.6 Å². The summed E-state index contributed by atoms with van der Waals surface area (Å²) in [4.78, 5) is 25.8. The second-order valence-electron chi connectivity index (χ2n) is 3.95. The van der Waals surface area contributed by atoms with Gasteiger partial charge in [-0.05, 0) is 19.1 Å². The molecule has 0 aliphatic rings. The normalized spacial score (nSPS) is 11.9. The molecule has 0 unspecified atom stereocenters. The second-order valence-corrected chi connectivity index (χ2v) is 5.46. The van der Waals surface area contributed by atoms with Crippen molar-refractivity contribution in [3.8, 4) is 11.3 Å². The fraction of sp³-hybridized carbons (Fsp3) is 0.167. The van der Waals surface area contributed by atoms with Crippen molar-refractivity contribution in [3.63, 3.8) is 0 Å². The van der Waals surface area contributed by atoms with Crippen LogP contribution in [0.4, 0.5) is 10.8 Å². The number of anilines is 1. The third kappa shape index (κ3) is 3.31. The fourth-order valence-corrected chi connectivity index (χ4v) is 2.20. The summed E-state index contributed by atoms with van der Waals surface area (Å²) in [7, 11) is 0. The molecule has 1 amide bonds. The van der Waals surface area contributed by atoms with Gasteiger partial charge in [-0.2, -0.15) is 0 Å². The number of non-ortho nitro benzene ring substituents is 1. The number of aromatic nitrogens is 1. The lowest BCUT2D eigenvalue weighted by atomic mass is 10.1. The van der Waals surface area contributed by atoms with Crippen LogP contribution in [-0.2, 0) is 4.79 Å². The minimum absolute atomic E-state index is 0.0217. The summed E-state index contributed by atoms with van der Waals surface area (Å²) in [6, 6.07) is 6.05. The Kier molecular flexibility index (Phi) is 4.31. The molecule has 0 spiro atoms. The van der Waals surface area contributed by atoms with Crippen molar-refractivity contribution in [2.75, 3.05) is 5.32 Å². The number of alkyl halides is 1. The molecular weight excluding hydrogens is 302 g/mol. The number of benzene rings is 1. The molecule has 2 rings (SSSR count). The highest BCUT2D eigenvalue weighted by atomic mass is 35.5. The van der Waals surface area contributed by atoms with Crippen molar-refractivity contribution in [1.29, 1.82) is 0 Å². The lowest BCUT2D eigenvalue weighted by molar-refractivity contribution is -0.384. The summed E-state index contributed by atoms with van der Waals surface area (Å²) in [6.07, 6.45) is 0. The Morgan fingerprint density at radius 3 is 2.65 bits per heavy atom. The van der Waals surface area contributed by atoms with Gasteiger partial charge in [0.1, 0.15) is 5.38 Å². The molecule has 1 N–H and O–H groups in total. The lowest BCUT2D eigenvalue weighted by Crippen LogP contribution is -2.20. The number of carbonyl (C=O) groups is 1. The third-order valence-corrected chi connectivity index (χ3v) is 3.43. The second kappa shape index (κ2) is 5.98. The number of thiazole rings is 1. The number of carbonyl (C=O) groups excluding carboxylic acids is 1. The van der Waals surface area contributed by atoms with Gasteiger partial charge in [-0.15, -0.1) is 22.9 Å². The number of hydrogen-bond acceptors (Lipinski definition) is 5. The first-order valence-electron chi connectivity index (χ1n) is 5.62. The molecule has 2 aromatic rings. The predicted octanol–water partition coefficient (Wildman–Crippen LogP) is 3.28. The van der Waals surface area contributed by atoms with E-state index in [1.165, 1.54) is 23.5 Å². The predicted molar refractivity (Wildman–Crippen MR) is 78.1 cm³/mol. The SMILES string of the molecule is C[C@H](Cl)C(=O)Nc1nc(-c2ccc([N+](=O)[O-])cc2)cs1. The van der Waals surface area contributed by atoms with E-state index in [0.29, 0.717) is 10.8 Å². The molecule has 1 aromatic carbocycles. The molecule has 0 radical (unpaired) electrons. The fourth-order valence-electron chi connectivity index (χ4n) is 1.42. The van der Waals surface area contributed by atoms with Gasteiger partial charge in [0, 0.05) is 23.1 Å². The smallest absolute Gasteiger partial charge is 0.269 e. The van der Waals surface area contributed by atoms with E-state index in [1.54, 1.807) is 24.4 Å². The Morgan fingerprint density at radius 2 is 2.10 bits per heavy atom. The molecule has 0 aliphatic heterocycles. The van der Waals surface area contributed by atoms with Crippen molar-refractivity contribution >= 4 is 39.7 Å². The van der Waals surface area contributed by atoms with E-state index in [2.05, 4.69) is 10.3 Å². The lowest BCUT2D eigenvalue weighted by Gasteiger charge is -2.01. The number of amides is 1. The first-order chi connectivity index (χ1) is 9.47. The minimum atomic E-state index is -0.637. The van der Waals surface area contributed by atoms with E-state index in [1.807, 2.05) is 0 Å². The van der Waals surface area contributed by atoms with E-state index >= 15 is 0 Å². The van der Waals surface area contributed by atoms with E-state index < -0.39 is 10.3 Å². The van der Waals surface area contributed by atoms with Crippen LogP contribution in [0.15, 0.2) is 29.6 Å². The van der Waals surface area contributed by atoms with Crippen LogP contribution in [0.5, 0.6) is 0 Å². The van der Waals surface area contributed by atoms with Crippen LogP contribution in [0.3, 0.4) is 0 Å². The van der Waals surface area contributed by atoms with Gasteiger partial charge in [0.2, 0.25) is 5.91 Å². The van der Waals surface area contributed by atoms with Crippen LogP contribution in [0, 0.1) is 10.1 Å². The molecule has 0 saturated carbocycles. The maximum atomic E-state index is 11.4. The molecule has 0 saturated heterocycles. The summed E-state index contributed by atoms with van der Waals surface area (Å²) >= 11 is 6.92. The maximum absolute atomic E-state index is 11.4. The average Bonchev–Trinajstić information content (AvgIpc) is 2.87. The Balaban J connectivity index is 2.16. The summed E-state index contributed by atoms with van der Waals surface area (Å²) < 4.78 is 0. The number of nitrogens with one attached hydrogen (secondary N) is 1. The molecule has 8 heteroatoms. The van der Waals surface area contributed by atoms with Gasteiger partial charge in [-0.25, -0.2) is 4.98 Å². The topological polar surface area (TPSA) is 85.1 Å². The van der Waals surface area contributed by atoms with Crippen LogP contribution >= 0.6 is 22.9 Å². The zero-order valence-electron chi connectivity index (χ0n) is 10.4. The average molecular weight is 312 g/mol. The summed E-state index contributed by atoms with van der Waals surface area (Å²) in [5.74, 6) is -0.323. The van der Waals surface area contributed by atoms with Gasteiger partial charge in [-0.1, -0.05) is 0 Å². The van der Waals surface area contributed by atoms with Gasteiger partial charge in [0.05, 0.1) is 10.6 Å². The number of nitrogens with zero attached hydrogens (tertiary/aromatic N) is 2. The van der Waals surface area contributed by atoms with Crippen molar-refractivity contribution in [3.05, 3.63) is 39.8 Å². The number of halogens is 1. The van der Waals surface area contributed by atoms with Crippen LogP contribution in [0.2, 0.25) is 0 Å². The molecule has 20 heavy (non-hydrogen) atoms. The Bertz CT molecular complexity index is 640. The highest BCUT2D eigenvalue weighted by molar-refractivity contribution is 7.14. The van der Waals surface area contributed by atoms with Crippen molar-refractivity contribution < 1.29 is 9.72 Å². The Labute approximate surface area is 123 Å². The van der Waals surface area contributed by atoms with Crippen molar-refractivity contribution in [2.45, 2.75) is 12.3 Å². The number of nitro benzene ring substituents is 1. The molecular formula is C12H10ClN3O3S. The third-order valence-electron chi connectivity index (χ3n) is 2.47. The van der Waals surface area contributed by atoms with E-state index in [9.17, 15) is 14.9 Å². The highest BCUT2D eigenvalue weighted by Crippen LogP contribution is 2.26. The monoisotopic (exact) mass is 311 g/mol. The molecule has 1 atom stereocenters. The molecule has 0 aliphatic carbocycles.